The fraction of sp³-hybridized carbons (Fsp3) is 0.562. The molecule has 2 saturated carbocycles. The molecule has 22 heavy (non-hydrogen) atoms. The van der Waals surface area contributed by atoms with Gasteiger partial charge in [-0.15, -0.1) is 0 Å². The Morgan fingerprint density at radius 2 is 1.86 bits per heavy atom. The number of carbonyl (C=O) groups is 1. The second-order valence-corrected chi connectivity index (χ2v) is 8.55. The molecule has 1 amide bonds. The van der Waals surface area contributed by atoms with Gasteiger partial charge in [-0.3, -0.25) is 9.10 Å². The highest BCUT2D eigenvalue weighted by Crippen LogP contribution is 2.44. The van der Waals surface area contributed by atoms with E-state index < -0.39 is 10.0 Å². The number of nitrogens with zero attached hydrogens (tertiary/aromatic N) is 1. The van der Waals surface area contributed by atoms with Gasteiger partial charge in [0.1, 0.15) is 0 Å². The van der Waals surface area contributed by atoms with E-state index in [4.69, 9.17) is 0 Å². The average molecular weight is 322 g/mol. The molecule has 6 heteroatoms. The Kier molecular flexibility index (Phi) is 3.89. The summed E-state index contributed by atoms with van der Waals surface area (Å²) in [5, 5.41) is 3.13. The Hall–Kier alpha value is -1.56. The van der Waals surface area contributed by atoms with Gasteiger partial charge in [0.25, 0.3) is 5.91 Å². The van der Waals surface area contributed by atoms with Crippen LogP contribution in [0.1, 0.15) is 36.0 Å². The van der Waals surface area contributed by atoms with Crippen LogP contribution in [0.15, 0.2) is 24.3 Å². The fourth-order valence-corrected chi connectivity index (χ4v) is 4.19. The predicted molar refractivity (Wildman–Crippen MR) is 86.4 cm³/mol. The number of anilines is 1. The SMILES string of the molecule is CN(c1ccc(C(=O)N[C@H]2C[C@H]3CC[C@H]2C3)cc1)S(C)(=O)=O. The number of nitrogens with one attached hydrogen (secondary N) is 1. The van der Waals surface area contributed by atoms with Gasteiger partial charge in [-0.2, -0.15) is 0 Å². The van der Waals surface area contributed by atoms with Crippen LogP contribution in [0.5, 0.6) is 0 Å². The van der Waals surface area contributed by atoms with Crippen molar-refractivity contribution in [2.45, 2.75) is 31.7 Å². The number of fused-ring (bicyclic) bond motifs is 2. The van der Waals surface area contributed by atoms with E-state index in [9.17, 15) is 13.2 Å². The van der Waals surface area contributed by atoms with Crippen molar-refractivity contribution in [2.24, 2.45) is 11.8 Å². The van der Waals surface area contributed by atoms with Crippen LogP contribution in [-0.2, 0) is 10.0 Å². The van der Waals surface area contributed by atoms with E-state index in [-0.39, 0.29) is 5.91 Å². The first-order valence-corrected chi connectivity index (χ1v) is 9.54. The van der Waals surface area contributed by atoms with Crippen LogP contribution in [-0.4, -0.2) is 33.7 Å². The first-order chi connectivity index (χ1) is 10.3. The van der Waals surface area contributed by atoms with Crippen LogP contribution < -0.4 is 9.62 Å². The quantitative estimate of drug-likeness (QED) is 0.922. The van der Waals surface area contributed by atoms with Crippen LogP contribution in [0.4, 0.5) is 5.69 Å². The lowest BCUT2D eigenvalue weighted by Crippen LogP contribution is -2.38. The molecule has 1 aromatic carbocycles. The normalized spacial score (nSPS) is 26.9. The maximum Gasteiger partial charge on any atom is 0.251 e. The van der Waals surface area contributed by atoms with Gasteiger partial charge in [-0.1, -0.05) is 6.42 Å². The second-order valence-electron chi connectivity index (χ2n) is 6.53. The molecule has 0 saturated heterocycles. The lowest BCUT2D eigenvalue weighted by molar-refractivity contribution is 0.0923. The van der Waals surface area contributed by atoms with Gasteiger partial charge in [0.2, 0.25) is 10.0 Å². The fourth-order valence-electron chi connectivity index (χ4n) is 3.69. The van der Waals surface area contributed by atoms with Crippen LogP contribution >= 0.6 is 0 Å². The van der Waals surface area contributed by atoms with Crippen LogP contribution in [0.2, 0.25) is 0 Å². The van der Waals surface area contributed by atoms with Crippen molar-refractivity contribution >= 4 is 21.6 Å². The zero-order chi connectivity index (χ0) is 15.9. The summed E-state index contributed by atoms with van der Waals surface area (Å²) in [5.74, 6) is 1.37. The van der Waals surface area contributed by atoms with Crippen LogP contribution in [0.3, 0.4) is 0 Å². The zero-order valence-electron chi connectivity index (χ0n) is 13.0. The van der Waals surface area contributed by atoms with Gasteiger partial charge in [0, 0.05) is 18.7 Å². The average Bonchev–Trinajstić information content (AvgIpc) is 3.08. The van der Waals surface area contributed by atoms with E-state index in [1.807, 2.05) is 0 Å². The number of hydrogen-bond acceptors (Lipinski definition) is 3. The lowest BCUT2D eigenvalue weighted by Gasteiger charge is -2.23. The maximum absolute atomic E-state index is 12.3. The maximum atomic E-state index is 12.3. The molecule has 2 aliphatic carbocycles. The monoisotopic (exact) mass is 322 g/mol. The summed E-state index contributed by atoms with van der Waals surface area (Å²) < 4.78 is 24.2. The molecule has 5 nitrogen and oxygen atoms in total. The molecule has 2 fully saturated rings. The first-order valence-electron chi connectivity index (χ1n) is 7.69. The molecule has 120 valence electrons. The molecular formula is C16H22N2O3S. The van der Waals surface area contributed by atoms with Gasteiger partial charge in [0.05, 0.1) is 11.9 Å². The third kappa shape index (κ3) is 2.97. The highest BCUT2D eigenvalue weighted by molar-refractivity contribution is 7.92. The number of rotatable bonds is 4. The van der Waals surface area contributed by atoms with Crippen molar-refractivity contribution in [1.82, 2.24) is 5.32 Å². The summed E-state index contributed by atoms with van der Waals surface area (Å²) in [4.78, 5) is 12.3. The number of carbonyl (C=O) groups excluding carboxylic acids is 1. The van der Waals surface area contributed by atoms with E-state index >= 15 is 0 Å². The van der Waals surface area contributed by atoms with E-state index in [0.717, 1.165) is 18.6 Å². The Labute approximate surface area is 131 Å². The van der Waals surface area contributed by atoms with Gasteiger partial charge >= 0.3 is 0 Å². The molecule has 1 N–H and O–H groups in total. The van der Waals surface area contributed by atoms with E-state index in [0.29, 0.717) is 23.2 Å². The van der Waals surface area contributed by atoms with Gasteiger partial charge < -0.3 is 5.32 Å². The number of benzene rings is 1. The first kappa shape index (κ1) is 15.3. The third-order valence-corrected chi connectivity index (χ3v) is 6.25. The molecule has 0 spiro atoms. The summed E-state index contributed by atoms with van der Waals surface area (Å²) in [7, 11) is -1.78. The Bertz CT molecular complexity index is 669. The van der Waals surface area contributed by atoms with Crippen LogP contribution in [0.25, 0.3) is 0 Å². The smallest absolute Gasteiger partial charge is 0.251 e. The zero-order valence-corrected chi connectivity index (χ0v) is 13.8. The van der Waals surface area contributed by atoms with E-state index in [1.54, 1.807) is 24.3 Å². The number of amides is 1. The summed E-state index contributed by atoms with van der Waals surface area (Å²) in [5.41, 5.74) is 1.13. The summed E-state index contributed by atoms with van der Waals surface area (Å²) in [6, 6.07) is 7.00. The molecule has 3 rings (SSSR count). The Morgan fingerprint density at radius 1 is 1.18 bits per heavy atom. The standard InChI is InChI=1S/C16H22N2O3S/c1-18(22(2,20)21)14-7-5-12(6-8-14)16(19)17-15-10-11-3-4-13(15)9-11/h5-8,11,13,15H,3-4,9-10H2,1-2H3,(H,17,19)/t11-,13-,15-/m0/s1. The molecule has 2 bridgehead atoms. The molecule has 2 aliphatic rings. The third-order valence-electron chi connectivity index (χ3n) is 5.05. The lowest BCUT2D eigenvalue weighted by atomic mass is 9.95. The summed E-state index contributed by atoms with van der Waals surface area (Å²) in [6.07, 6.45) is 6.05. The number of hydrogen-bond donors (Lipinski definition) is 1. The molecule has 0 heterocycles. The Balaban J connectivity index is 1.66. The van der Waals surface area contributed by atoms with Crippen molar-refractivity contribution < 1.29 is 13.2 Å². The van der Waals surface area contributed by atoms with Crippen molar-refractivity contribution in [3.8, 4) is 0 Å². The minimum absolute atomic E-state index is 0.0638. The molecule has 0 unspecified atom stereocenters. The van der Waals surface area contributed by atoms with Crippen molar-refractivity contribution in [3.63, 3.8) is 0 Å². The minimum Gasteiger partial charge on any atom is -0.349 e. The molecule has 0 radical (unpaired) electrons. The molecule has 3 atom stereocenters. The molecule has 0 aliphatic heterocycles. The summed E-state index contributed by atoms with van der Waals surface area (Å²) >= 11 is 0. The van der Waals surface area contributed by atoms with Gasteiger partial charge in [-0.05, 0) is 55.4 Å². The topological polar surface area (TPSA) is 66.5 Å². The largest absolute Gasteiger partial charge is 0.349 e. The molecule has 1 aromatic rings. The van der Waals surface area contributed by atoms with Gasteiger partial charge in [-0.25, -0.2) is 8.42 Å². The van der Waals surface area contributed by atoms with Crippen LogP contribution in [0, 0.1) is 11.8 Å². The molecular weight excluding hydrogens is 300 g/mol. The predicted octanol–water partition coefficient (Wildman–Crippen LogP) is 2.00. The Morgan fingerprint density at radius 3 is 2.36 bits per heavy atom. The summed E-state index contributed by atoms with van der Waals surface area (Å²) in [6.45, 7) is 0. The van der Waals surface area contributed by atoms with Gasteiger partial charge in [0.15, 0.2) is 0 Å². The second kappa shape index (κ2) is 5.57. The highest BCUT2D eigenvalue weighted by atomic mass is 32.2. The van der Waals surface area contributed by atoms with Crippen molar-refractivity contribution in [1.29, 1.82) is 0 Å². The number of sulfonamides is 1. The van der Waals surface area contributed by atoms with Crippen molar-refractivity contribution in [2.75, 3.05) is 17.6 Å². The van der Waals surface area contributed by atoms with E-state index in [1.165, 1.54) is 30.6 Å². The minimum atomic E-state index is -3.28. The highest BCUT2D eigenvalue weighted by Gasteiger charge is 2.40. The van der Waals surface area contributed by atoms with Crippen molar-refractivity contribution in [3.05, 3.63) is 29.8 Å². The molecule has 0 aromatic heterocycles. The van der Waals surface area contributed by atoms with E-state index in [2.05, 4.69) is 5.32 Å².